The maximum atomic E-state index is 9.92. The van der Waals surface area contributed by atoms with Crippen LogP contribution in [0.2, 0.25) is 0 Å². The Hall–Kier alpha value is 0.660. The van der Waals surface area contributed by atoms with E-state index in [-0.39, 0.29) is 6.10 Å². The molecule has 2 unspecified atom stereocenters. The molecule has 78 valence electrons. The molecule has 2 atom stereocenters. The summed E-state index contributed by atoms with van der Waals surface area (Å²) >= 11 is 4.04. The van der Waals surface area contributed by atoms with Crippen molar-refractivity contribution in [2.45, 2.75) is 37.9 Å². The van der Waals surface area contributed by atoms with Crippen LogP contribution in [0.15, 0.2) is 0 Å². The smallest absolute Gasteiger partial charge is 0.0607 e. The highest BCUT2D eigenvalue weighted by atomic mass is 32.2. The van der Waals surface area contributed by atoms with Crippen molar-refractivity contribution in [1.29, 1.82) is 0 Å². The summed E-state index contributed by atoms with van der Waals surface area (Å²) in [4.78, 5) is 0. The molecule has 0 aliphatic carbocycles. The highest BCUT2D eigenvalue weighted by molar-refractivity contribution is 8.17. The fourth-order valence-corrected chi connectivity index (χ4v) is 4.74. The summed E-state index contributed by atoms with van der Waals surface area (Å²) in [7, 11) is 0. The Bertz CT molecular complexity index is 144. The molecule has 0 bridgehead atoms. The Morgan fingerprint density at radius 3 is 2.15 bits per heavy atom. The molecular weight excluding hydrogens is 200 g/mol. The maximum absolute atomic E-state index is 9.92. The summed E-state index contributed by atoms with van der Waals surface area (Å²) in [6.45, 7) is 6.37. The summed E-state index contributed by atoms with van der Waals surface area (Å²) in [5.41, 5.74) is 0. The lowest BCUT2D eigenvalue weighted by Gasteiger charge is -2.31. The van der Waals surface area contributed by atoms with Gasteiger partial charge in [-0.3, -0.25) is 0 Å². The fraction of sp³-hybridized carbons (Fsp3) is 1.00. The van der Waals surface area contributed by atoms with Crippen molar-refractivity contribution in [3.05, 3.63) is 0 Å². The molecule has 1 fully saturated rings. The Balaban J connectivity index is 2.40. The summed E-state index contributed by atoms with van der Waals surface area (Å²) in [5.74, 6) is 3.35. The molecule has 1 nitrogen and oxygen atoms in total. The van der Waals surface area contributed by atoms with Gasteiger partial charge in [0.2, 0.25) is 0 Å². The third-order valence-electron chi connectivity index (χ3n) is 2.50. The minimum atomic E-state index is -0.136. The number of aliphatic hydroxyl groups excluding tert-OH is 1. The highest BCUT2D eigenvalue weighted by Crippen LogP contribution is 2.38. The second-order valence-corrected chi connectivity index (χ2v) is 6.85. The average Bonchev–Trinajstić information content (AvgIpc) is 2.17. The molecule has 1 saturated heterocycles. The van der Waals surface area contributed by atoms with Gasteiger partial charge >= 0.3 is 0 Å². The summed E-state index contributed by atoms with van der Waals surface area (Å²) in [6, 6.07) is 0. The first-order valence-electron chi connectivity index (χ1n) is 5.04. The minimum Gasteiger partial charge on any atom is -0.393 e. The van der Waals surface area contributed by atoms with E-state index >= 15 is 0 Å². The highest BCUT2D eigenvalue weighted by Gasteiger charge is 2.28. The SMILES string of the molecule is CC(C)C(O)C(C)C1SCCCS1. The molecule has 3 heteroatoms. The number of hydrogen-bond donors (Lipinski definition) is 1. The normalized spacial score (nSPS) is 24.7. The van der Waals surface area contributed by atoms with Gasteiger partial charge in [-0.15, -0.1) is 23.5 Å². The first-order chi connectivity index (χ1) is 6.13. The molecule has 0 aromatic rings. The molecule has 1 heterocycles. The van der Waals surface area contributed by atoms with Crippen LogP contribution in [-0.4, -0.2) is 27.3 Å². The second-order valence-electron chi connectivity index (χ2n) is 4.06. The van der Waals surface area contributed by atoms with E-state index in [2.05, 4.69) is 20.8 Å². The van der Waals surface area contributed by atoms with Crippen LogP contribution < -0.4 is 0 Å². The standard InChI is InChI=1S/C10H20OS2/c1-7(2)9(11)8(3)10-12-5-4-6-13-10/h7-11H,4-6H2,1-3H3. The monoisotopic (exact) mass is 220 g/mol. The zero-order valence-corrected chi connectivity index (χ0v) is 10.3. The predicted molar refractivity (Wildman–Crippen MR) is 63.3 cm³/mol. The molecule has 1 N–H and O–H groups in total. The van der Waals surface area contributed by atoms with Gasteiger partial charge < -0.3 is 5.11 Å². The van der Waals surface area contributed by atoms with Gasteiger partial charge in [-0.05, 0) is 23.8 Å². The molecule has 0 aromatic heterocycles. The topological polar surface area (TPSA) is 20.2 Å². The summed E-state index contributed by atoms with van der Waals surface area (Å²) in [6.07, 6.45) is 1.19. The molecule has 0 radical (unpaired) electrons. The zero-order chi connectivity index (χ0) is 9.84. The van der Waals surface area contributed by atoms with Gasteiger partial charge in [-0.25, -0.2) is 0 Å². The largest absolute Gasteiger partial charge is 0.393 e. The van der Waals surface area contributed by atoms with Crippen LogP contribution >= 0.6 is 23.5 Å². The Labute approximate surface area is 90.1 Å². The van der Waals surface area contributed by atoms with Crippen LogP contribution in [0.4, 0.5) is 0 Å². The van der Waals surface area contributed by atoms with Gasteiger partial charge in [0.15, 0.2) is 0 Å². The van der Waals surface area contributed by atoms with E-state index in [1.807, 2.05) is 23.5 Å². The van der Waals surface area contributed by atoms with Crippen LogP contribution in [0.3, 0.4) is 0 Å². The van der Waals surface area contributed by atoms with Gasteiger partial charge in [-0.2, -0.15) is 0 Å². The third-order valence-corrected chi connectivity index (χ3v) is 5.88. The van der Waals surface area contributed by atoms with E-state index in [0.717, 1.165) is 0 Å². The van der Waals surface area contributed by atoms with Gasteiger partial charge in [0.1, 0.15) is 0 Å². The van der Waals surface area contributed by atoms with Gasteiger partial charge in [0.05, 0.1) is 10.7 Å². The molecule has 0 spiro atoms. The van der Waals surface area contributed by atoms with E-state index in [9.17, 15) is 5.11 Å². The van der Waals surface area contributed by atoms with E-state index < -0.39 is 0 Å². The van der Waals surface area contributed by atoms with Crippen molar-refractivity contribution < 1.29 is 5.11 Å². The quantitative estimate of drug-likeness (QED) is 0.790. The summed E-state index contributed by atoms with van der Waals surface area (Å²) < 4.78 is 0.617. The fourth-order valence-electron chi connectivity index (χ4n) is 1.58. The van der Waals surface area contributed by atoms with Crippen molar-refractivity contribution >= 4 is 23.5 Å². The molecule has 1 aliphatic rings. The lowest BCUT2D eigenvalue weighted by atomic mass is 9.96. The first-order valence-corrected chi connectivity index (χ1v) is 7.14. The molecule has 1 aliphatic heterocycles. The molecule has 0 amide bonds. The molecule has 1 rings (SSSR count). The summed E-state index contributed by atoms with van der Waals surface area (Å²) in [5, 5.41) is 9.92. The zero-order valence-electron chi connectivity index (χ0n) is 8.69. The first kappa shape index (κ1) is 11.7. The molecule has 13 heavy (non-hydrogen) atoms. The van der Waals surface area contributed by atoms with E-state index in [1.54, 1.807) is 0 Å². The van der Waals surface area contributed by atoms with Gasteiger partial charge in [-0.1, -0.05) is 20.8 Å². The van der Waals surface area contributed by atoms with Gasteiger partial charge in [0.25, 0.3) is 0 Å². The maximum Gasteiger partial charge on any atom is 0.0607 e. The average molecular weight is 220 g/mol. The van der Waals surface area contributed by atoms with Gasteiger partial charge in [0, 0.05) is 5.92 Å². The molecule has 0 saturated carbocycles. The second kappa shape index (κ2) is 5.52. The van der Waals surface area contributed by atoms with E-state index in [1.165, 1.54) is 17.9 Å². The third kappa shape index (κ3) is 3.37. The Morgan fingerprint density at radius 1 is 1.15 bits per heavy atom. The van der Waals surface area contributed by atoms with Crippen LogP contribution in [0.25, 0.3) is 0 Å². The Kier molecular flexibility index (Phi) is 4.98. The lowest BCUT2D eigenvalue weighted by molar-refractivity contribution is 0.0790. The van der Waals surface area contributed by atoms with E-state index in [0.29, 0.717) is 16.4 Å². The van der Waals surface area contributed by atoms with Crippen molar-refractivity contribution in [2.24, 2.45) is 11.8 Å². The van der Waals surface area contributed by atoms with Crippen molar-refractivity contribution in [3.8, 4) is 0 Å². The van der Waals surface area contributed by atoms with Crippen LogP contribution in [0.1, 0.15) is 27.2 Å². The number of rotatable bonds is 3. The van der Waals surface area contributed by atoms with Crippen LogP contribution in [-0.2, 0) is 0 Å². The van der Waals surface area contributed by atoms with Crippen LogP contribution in [0, 0.1) is 11.8 Å². The molecular formula is C10H20OS2. The number of aliphatic hydroxyl groups is 1. The Morgan fingerprint density at radius 2 is 1.69 bits per heavy atom. The van der Waals surface area contributed by atoms with Crippen molar-refractivity contribution in [2.75, 3.05) is 11.5 Å². The molecule has 0 aromatic carbocycles. The van der Waals surface area contributed by atoms with E-state index in [4.69, 9.17) is 0 Å². The van der Waals surface area contributed by atoms with Crippen molar-refractivity contribution in [1.82, 2.24) is 0 Å². The number of thioether (sulfide) groups is 2. The predicted octanol–water partition coefficient (Wildman–Crippen LogP) is 2.84. The lowest BCUT2D eigenvalue weighted by Crippen LogP contribution is -2.31. The van der Waals surface area contributed by atoms with Crippen molar-refractivity contribution in [3.63, 3.8) is 0 Å². The van der Waals surface area contributed by atoms with Crippen LogP contribution in [0.5, 0.6) is 0 Å². The minimum absolute atomic E-state index is 0.136. The number of hydrogen-bond acceptors (Lipinski definition) is 3.